The normalized spacial score (nSPS) is 13.2. The van der Waals surface area contributed by atoms with Crippen LogP contribution in [-0.4, -0.2) is 6.71 Å². The Kier molecular flexibility index (Phi) is 10.6. The molecule has 0 bridgehead atoms. The maximum atomic E-state index is 2.62. The van der Waals surface area contributed by atoms with Crippen LogP contribution in [0.15, 0.2) is 218 Å². The molecule has 2 nitrogen and oxygen atoms in total. The molecule has 0 saturated heterocycles. The lowest BCUT2D eigenvalue weighted by molar-refractivity contribution is 0.590. The SMILES string of the molecule is CCc1ccc(N2c3cccc4c3B(c3cc(-c5ccc(-c6ccccc6)cc5)ccc3N4c3ccc(C(C)(C)C)cc3-c3ccc4c5ccccc5c5ccccc5c4c3)c3sc4ccc(C(C)(C)C)cc4c32)cc1. The first-order valence-electron chi connectivity index (χ1n) is 27.1. The van der Waals surface area contributed by atoms with Crippen LogP contribution < -0.4 is 25.5 Å². The first-order chi connectivity index (χ1) is 36.9. The number of hydrogen-bond donors (Lipinski definition) is 0. The number of rotatable bonds is 6. The third-order valence-electron chi connectivity index (χ3n) is 16.5. The van der Waals surface area contributed by atoms with Gasteiger partial charge in [0.15, 0.2) is 0 Å². The molecule has 1 aromatic heterocycles. The second kappa shape index (κ2) is 17.4. The van der Waals surface area contributed by atoms with Crippen LogP contribution in [0.1, 0.15) is 65.2 Å². The van der Waals surface area contributed by atoms with Gasteiger partial charge in [-0.15, -0.1) is 11.3 Å². The molecule has 0 amide bonds. The van der Waals surface area contributed by atoms with Gasteiger partial charge < -0.3 is 9.80 Å². The summed E-state index contributed by atoms with van der Waals surface area (Å²) in [5, 5.41) is 9.01. The van der Waals surface area contributed by atoms with Gasteiger partial charge in [0, 0.05) is 43.2 Å². The first-order valence-corrected chi connectivity index (χ1v) is 27.9. The van der Waals surface area contributed by atoms with E-state index in [1.807, 2.05) is 11.3 Å². The summed E-state index contributed by atoms with van der Waals surface area (Å²) >= 11 is 1.97. The fraction of sp³-hybridized carbons (Fsp3) is 0.139. The molecule has 76 heavy (non-hydrogen) atoms. The zero-order valence-corrected chi connectivity index (χ0v) is 45.2. The van der Waals surface area contributed by atoms with Crippen LogP contribution >= 0.6 is 11.3 Å². The minimum atomic E-state index is -0.0763. The Bertz CT molecular complexity index is 4250. The molecular formula is C72H59BN2S. The molecule has 4 heteroatoms. The van der Waals surface area contributed by atoms with E-state index in [4.69, 9.17) is 0 Å². The summed E-state index contributed by atoms with van der Waals surface area (Å²) in [6.45, 7) is 16.2. The molecular weight excluding hydrogens is 936 g/mol. The van der Waals surface area contributed by atoms with Gasteiger partial charge in [-0.2, -0.15) is 0 Å². The van der Waals surface area contributed by atoms with Crippen LogP contribution in [0.5, 0.6) is 0 Å². The van der Waals surface area contributed by atoms with Crippen LogP contribution in [-0.2, 0) is 17.3 Å². The number of nitrogens with zero attached hydrogens (tertiary/aromatic N) is 2. The first kappa shape index (κ1) is 46.4. The van der Waals surface area contributed by atoms with Crippen molar-refractivity contribution in [3.05, 3.63) is 235 Å². The molecule has 0 unspecified atom stereocenters. The monoisotopic (exact) mass is 994 g/mol. The second-order valence-electron chi connectivity index (χ2n) is 23.2. The number of benzene rings is 11. The van der Waals surface area contributed by atoms with Gasteiger partial charge in [-0.3, -0.25) is 0 Å². The van der Waals surface area contributed by atoms with Crippen molar-refractivity contribution >= 4 is 110 Å². The zero-order chi connectivity index (χ0) is 51.6. The standard InChI is InChI=1S/C72H59BN2S/c1-8-45-25-35-53(36-26-45)74-65-23-16-24-66-68(65)73(70-69(74)61-44-52(72(5,6)7)34-40-67(61)76-70)62-42-49(48-29-27-47(28-30-48)46-17-10-9-11-18-46)32-38-64(62)75(66)63-39-33-51(71(2,3)4)43-59(63)50-31-37-58-56-21-13-12-19-54(56)55-20-14-15-22-57(55)60(58)41-50/h9-44H,8H2,1-7H3. The number of hydrogen-bond acceptors (Lipinski definition) is 3. The van der Waals surface area contributed by atoms with Gasteiger partial charge in [0.2, 0.25) is 0 Å². The molecule has 11 aromatic carbocycles. The predicted octanol–water partition coefficient (Wildman–Crippen LogP) is 18.6. The molecule has 0 aliphatic carbocycles. The lowest BCUT2D eigenvalue weighted by Crippen LogP contribution is -2.60. The van der Waals surface area contributed by atoms with Crippen molar-refractivity contribution in [1.29, 1.82) is 0 Å². The van der Waals surface area contributed by atoms with E-state index in [2.05, 4.69) is 277 Å². The quantitative estimate of drug-likeness (QED) is 0.121. The van der Waals surface area contributed by atoms with Crippen LogP contribution in [0.4, 0.5) is 34.1 Å². The minimum absolute atomic E-state index is 0.00850. The van der Waals surface area contributed by atoms with Crippen molar-refractivity contribution in [2.75, 3.05) is 9.80 Å². The Morgan fingerprint density at radius 3 is 1.59 bits per heavy atom. The molecule has 12 aromatic rings. The Hall–Kier alpha value is -8.18. The maximum absolute atomic E-state index is 2.62. The highest BCUT2D eigenvalue weighted by molar-refractivity contribution is 7.33. The summed E-state index contributed by atoms with van der Waals surface area (Å²) in [5.41, 5.74) is 21.1. The van der Waals surface area contributed by atoms with Crippen molar-refractivity contribution in [2.45, 2.75) is 65.7 Å². The third-order valence-corrected chi connectivity index (χ3v) is 17.8. The second-order valence-corrected chi connectivity index (χ2v) is 24.2. The number of anilines is 6. The molecule has 0 atom stereocenters. The van der Waals surface area contributed by atoms with Crippen molar-refractivity contribution in [2.24, 2.45) is 0 Å². The predicted molar refractivity (Wildman–Crippen MR) is 331 cm³/mol. The van der Waals surface area contributed by atoms with Crippen LogP contribution in [0.25, 0.3) is 75.8 Å². The molecule has 0 spiro atoms. The van der Waals surface area contributed by atoms with Gasteiger partial charge >= 0.3 is 0 Å². The summed E-state index contributed by atoms with van der Waals surface area (Å²) in [6, 6.07) is 83.2. The average Bonchev–Trinajstić information content (AvgIpc) is 3.95. The largest absolute Gasteiger partial charge is 0.311 e. The van der Waals surface area contributed by atoms with E-state index in [0.717, 1.165) is 6.42 Å². The fourth-order valence-electron chi connectivity index (χ4n) is 12.5. The Labute approximate surface area is 451 Å². The van der Waals surface area contributed by atoms with Crippen molar-refractivity contribution in [3.63, 3.8) is 0 Å². The summed E-state index contributed by atoms with van der Waals surface area (Å²) in [7, 11) is 0. The van der Waals surface area contributed by atoms with Crippen LogP contribution in [0, 0.1) is 0 Å². The zero-order valence-electron chi connectivity index (χ0n) is 44.4. The molecule has 2 aliphatic rings. The Balaban J connectivity index is 1.05. The number of thiophene rings is 1. The smallest absolute Gasteiger partial charge is 0.264 e. The lowest BCUT2D eigenvalue weighted by Gasteiger charge is -2.43. The molecule has 0 saturated carbocycles. The van der Waals surface area contributed by atoms with E-state index < -0.39 is 0 Å². The molecule has 366 valence electrons. The van der Waals surface area contributed by atoms with Gasteiger partial charge in [-0.1, -0.05) is 206 Å². The highest BCUT2D eigenvalue weighted by Crippen LogP contribution is 2.51. The topological polar surface area (TPSA) is 6.48 Å². The van der Waals surface area contributed by atoms with Crippen molar-refractivity contribution in [3.8, 4) is 33.4 Å². The Morgan fingerprint density at radius 2 is 0.934 bits per heavy atom. The summed E-state index contributed by atoms with van der Waals surface area (Å²) in [5.74, 6) is 0. The van der Waals surface area contributed by atoms with Gasteiger partial charge in [0.1, 0.15) is 0 Å². The van der Waals surface area contributed by atoms with E-state index in [-0.39, 0.29) is 17.5 Å². The van der Waals surface area contributed by atoms with Gasteiger partial charge in [0.25, 0.3) is 6.71 Å². The average molecular weight is 995 g/mol. The Morgan fingerprint density at radius 1 is 0.395 bits per heavy atom. The summed E-state index contributed by atoms with van der Waals surface area (Å²) < 4.78 is 2.70. The van der Waals surface area contributed by atoms with Crippen molar-refractivity contribution < 1.29 is 0 Å². The van der Waals surface area contributed by atoms with Gasteiger partial charge in [-0.05, 0) is 166 Å². The molecule has 0 fully saturated rings. The maximum Gasteiger partial charge on any atom is 0.264 e. The highest BCUT2D eigenvalue weighted by Gasteiger charge is 2.46. The van der Waals surface area contributed by atoms with E-state index >= 15 is 0 Å². The van der Waals surface area contributed by atoms with E-state index in [9.17, 15) is 0 Å². The minimum Gasteiger partial charge on any atom is -0.311 e. The third kappa shape index (κ3) is 7.36. The summed E-state index contributed by atoms with van der Waals surface area (Å²) in [6.07, 6.45) is 0.994. The van der Waals surface area contributed by atoms with E-state index in [0.29, 0.717) is 0 Å². The lowest BCUT2D eigenvalue weighted by atomic mass is 9.36. The van der Waals surface area contributed by atoms with Crippen molar-refractivity contribution in [1.82, 2.24) is 0 Å². The van der Waals surface area contributed by atoms with E-state index in [1.165, 1.54) is 142 Å². The van der Waals surface area contributed by atoms with Gasteiger partial charge in [-0.25, -0.2) is 0 Å². The molecule has 0 radical (unpaired) electrons. The van der Waals surface area contributed by atoms with E-state index in [1.54, 1.807) is 0 Å². The van der Waals surface area contributed by atoms with Crippen LogP contribution in [0.2, 0.25) is 0 Å². The fourth-order valence-corrected chi connectivity index (χ4v) is 13.8. The molecule has 0 N–H and O–H groups in total. The van der Waals surface area contributed by atoms with Gasteiger partial charge in [0.05, 0.1) is 11.4 Å². The summed E-state index contributed by atoms with van der Waals surface area (Å²) in [4.78, 5) is 5.22. The molecule has 14 rings (SSSR count). The highest BCUT2D eigenvalue weighted by atomic mass is 32.1. The molecule has 2 aliphatic heterocycles. The molecule has 3 heterocycles. The number of aryl methyl sites for hydroxylation is 1. The number of fused-ring (bicyclic) bond motifs is 12. The van der Waals surface area contributed by atoms with Crippen LogP contribution in [0.3, 0.4) is 0 Å².